The Morgan fingerprint density at radius 1 is 1.44 bits per heavy atom. The van der Waals surface area contributed by atoms with E-state index in [1.165, 1.54) is 32.1 Å². The summed E-state index contributed by atoms with van der Waals surface area (Å²) in [5.74, 6) is -0.348. The monoisotopic (exact) mass is 222 g/mol. The second-order valence-corrected chi connectivity index (χ2v) is 4.50. The predicted molar refractivity (Wildman–Crippen MR) is 59.8 cm³/mol. The first kappa shape index (κ1) is 11.1. The van der Waals surface area contributed by atoms with E-state index in [9.17, 15) is 4.79 Å². The topological polar surface area (TPSA) is 73.8 Å². The van der Waals surface area contributed by atoms with Crippen molar-refractivity contribution in [3.05, 3.63) is 11.4 Å². The van der Waals surface area contributed by atoms with Crippen LogP contribution in [0.3, 0.4) is 0 Å². The molecule has 1 aliphatic rings. The van der Waals surface area contributed by atoms with Gasteiger partial charge in [-0.05, 0) is 19.8 Å². The lowest BCUT2D eigenvalue weighted by Gasteiger charge is -2.22. The average molecular weight is 222 g/mol. The number of amides is 1. The molecule has 0 unspecified atom stereocenters. The molecule has 1 amide bonds. The van der Waals surface area contributed by atoms with E-state index in [0.717, 1.165) is 11.4 Å². The standard InChI is InChI=1S/C11H18N4O/c1-8-10(7-11(12)16)13-14-15(8)9-5-3-2-4-6-9/h9H,2-7H2,1H3,(H2,12,16). The Bertz CT molecular complexity index is 379. The van der Waals surface area contributed by atoms with Crippen molar-refractivity contribution >= 4 is 5.91 Å². The Labute approximate surface area is 95.0 Å². The maximum Gasteiger partial charge on any atom is 0.223 e. The highest BCUT2D eigenvalue weighted by Gasteiger charge is 2.20. The Hall–Kier alpha value is -1.39. The highest BCUT2D eigenvalue weighted by molar-refractivity contribution is 5.76. The van der Waals surface area contributed by atoms with Gasteiger partial charge in [-0.1, -0.05) is 24.5 Å². The maximum atomic E-state index is 10.9. The van der Waals surface area contributed by atoms with E-state index < -0.39 is 0 Å². The summed E-state index contributed by atoms with van der Waals surface area (Å²) < 4.78 is 1.97. The van der Waals surface area contributed by atoms with E-state index in [2.05, 4.69) is 10.3 Å². The van der Waals surface area contributed by atoms with Crippen molar-refractivity contribution in [3.8, 4) is 0 Å². The molecule has 0 atom stereocenters. The summed E-state index contributed by atoms with van der Waals surface area (Å²) in [6.45, 7) is 1.97. The van der Waals surface area contributed by atoms with Gasteiger partial charge < -0.3 is 5.73 Å². The smallest absolute Gasteiger partial charge is 0.223 e. The molecule has 88 valence electrons. The molecule has 1 aliphatic carbocycles. The van der Waals surface area contributed by atoms with Crippen molar-refractivity contribution in [2.45, 2.75) is 51.5 Å². The molecule has 1 aromatic rings. The normalized spacial score (nSPS) is 17.6. The molecule has 0 aromatic carbocycles. The summed E-state index contributed by atoms with van der Waals surface area (Å²) in [7, 11) is 0. The summed E-state index contributed by atoms with van der Waals surface area (Å²) >= 11 is 0. The lowest BCUT2D eigenvalue weighted by atomic mass is 9.95. The van der Waals surface area contributed by atoms with Crippen molar-refractivity contribution in [1.82, 2.24) is 15.0 Å². The highest BCUT2D eigenvalue weighted by Crippen LogP contribution is 2.28. The number of hydrogen-bond acceptors (Lipinski definition) is 3. The molecule has 16 heavy (non-hydrogen) atoms. The quantitative estimate of drug-likeness (QED) is 0.832. The van der Waals surface area contributed by atoms with Crippen LogP contribution in [0.15, 0.2) is 0 Å². The number of nitrogens with zero attached hydrogens (tertiary/aromatic N) is 3. The third-order valence-electron chi connectivity index (χ3n) is 3.29. The number of primary amides is 1. The SMILES string of the molecule is Cc1c(CC(N)=O)nnn1C1CCCCC1. The number of rotatable bonds is 3. The van der Waals surface area contributed by atoms with Gasteiger partial charge in [-0.25, -0.2) is 4.68 Å². The zero-order valence-corrected chi connectivity index (χ0v) is 9.65. The first-order valence-electron chi connectivity index (χ1n) is 5.87. The average Bonchev–Trinajstić information content (AvgIpc) is 2.61. The molecule has 0 bridgehead atoms. The molecule has 5 heteroatoms. The van der Waals surface area contributed by atoms with E-state index in [1.54, 1.807) is 0 Å². The fraction of sp³-hybridized carbons (Fsp3) is 0.727. The van der Waals surface area contributed by atoms with Gasteiger partial charge in [0.2, 0.25) is 5.91 Å². The van der Waals surface area contributed by atoms with Gasteiger partial charge in [0.05, 0.1) is 23.9 Å². The zero-order chi connectivity index (χ0) is 11.5. The third kappa shape index (κ3) is 2.23. The van der Waals surface area contributed by atoms with Crippen molar-refractivity contribution in [1.29, 1.82) is 0 Å². The fourth-order valence-electron chi connectivity index (χ4n) is 2.37. The second kappa shape index (κ2) is 4.63. The molecule has 1 aromatic heterocycles. The van der Waals surface area contributed by atoms with Gasteiger partial charge in [0.25, 0.3) is 0 Å². The zero-order valence-electron chi connectivity index (χ0n) is 9.65. The lowest BCUT2D eigenvalue weighted by molar-refractivity contribution is -0.117. The number of hydrogen-bond donors (Lipinski definition) is 1. The van der Waals surface area contributed by atoms with Crippen LogP contribution in [0.2, 0.25) is 0 Å². The van der Waals surface area contributed by atoms with Crippen LogP contribution in [0, 0.1) is 6.92 Å². The number of carbonyl (C=O) groups excluding carboxylic acids is 1. The second-order valence-electron chi connectivity index (χ2n) is 4.50. The Morgan fingerprint density at radius 3 is 2.75 bits per heavy atom. The first-order valence-corrected chi connectivity index (χ1v) is 5.87. The van der Waals surface area contributed by atoms with Crippen LogP contribution >= 0.6 is 0 Å². The molecular weight excluding hydrogens is 204 g/mol. The van der Waals surface area contributed by atoms with E-state index in [-0.39, 0.29) is 12.3 Å². The van der Waals surface area contributed by atoms with Crippen molar-refractivity contribution < 1.29 is 4.79 Å². The fourth-order valence-corrected chi connectivity index (χ4v) is 2.37. The molecule has 0 saturated heterocycles. The first-order chi connectivity index (χ1) is 7.68. The summed E-state index contributed by atoms with van der Waals surface area (Å²) in [5, 5.41) is 8.19. The molecule has 0 spiro atoms. The van der Waals surface area contributed by atoms with Gasteiger partial charge in [0.1, 0.15) is 0 Å². The Kier molecular flexibility index (Phi) is 3.22. The third-order valence-corrected chi connectivity index (χ3v) is 3.29. The van der Waals surface area contributed by atoms with E-state index >= 15 is 0 Å². The van der Waals surface area contributed by atoms with E-state index in [1.807, 2.05) is 11.6 Å². The van der Waals surface area contributed by atoms with Crippen molar-refractivity contribution in [2.24, 2.45) is 5.73 Å². The van der Waals surface area contributed by atoms with E-state index in [4.69, 9.17) is 5.73 Å². The summed E-state index contributed by atoms with van der Waals surface area (Å²) in [6, 6.07) is 0.461. The molecule has 1 saturated carbocycles. The van der Waals surface area contributed by atoms with Crippen LogP contribution in [0.1, 0.15) is 49.5 Å². The minimum atomic E-state index is -0.348. The van der Waals surface area contributed by atoms with E-state index in [0.29, 0.717) is 6.04 Å². The molecule has 2 N–H and O–H groups in total. The van der Waals surface area contributed by atoms with Gasteiger partial charge in [-0.2, -0.15) is 0 Å². The minimum Gasteiger partial charge on any atom is -0.369 e. The van der Waals surface area contributed by atoms with Crippen molar-refractivity contribution in [2.75, 3.05) is 0 Å². The lowest BCUT2D eigenvalue weighted by Crippen LogP contribution is -2.17. The molecule has 2 rings (SSSR count). The summed E-state index contributed by atoms with van der Waals surface area (Å²) in [6.07, 6.45) is 6.36. The number of aromatic nitrogens is 3. The van der Waals surface area contributed by atoms with Gasteiger partial charge >= 0.3 is 0 Å². The van der Waals surface area contributed by atoms with Crippen LogP contribution in [-0.4, -0.2) is 20.9 Å². The summed E-state index contributed by atoms with van der Waals surface area (Å²) in [4.78, 5) is 10.9. The molecule has 5 nitrogen and oxygen atoms in total. The Balaban J connectivity index is 2.15. The van der Waals surface area contributed by atoms with Crippen LogP contribution < -0.4 is 5.73 Å². The van der Waals surface area contributed by atoms with Gasteiger partial charge in [0.15, 0.2) is 0 Å². The molecule has 0 aliphatic heterocycles. The van der Waals surface area contributed by atoms with Crippen LogP contribution in [0.25, 0.3) is 0 Å². The molecular formula is C11H18N4O. The Morgan fingerprint density at radius 2 is 2.12 bits per heavy atom. The molecule has 1 heterocycles. The van der Waals surface area contributed by atoms with Crippen LogP contribution in [0.5, 0.6) is 0 Å². The highest BCUT2D eigenvalue weighted by atomic mass is 16.1. The largest absolute Gasteiger partial charge is 0.369 e. The summed E-state index contributed by atoms with van der Waals surface area (Å²) in [5.41, 5.74) is 6.88. The molecule has 0 radical (unpaired) electrons. The predicted octanol–water partition coefficient (Wildman–Crippen LogP) is 1.12. The number of carbonyl (C=O) groups is 1. The van der Waals surface area contributed by atoms with Gasteiger partial charge in [-0.15, -0.1) is 5.10 Å². The van der Waals surface area contributed by atoms with Crippen LogP contribution in [-0.2, 0) is 11.2 Å². The van der Waals surface area contributed by atoms with Gasteiger partial charge in [0, 0.05) is 0 Å². The van der Waals surface area contributed by atoms with Crippen LogP contribution in [0.4, 0.5) is 0 Å². The number of nitrogens with two attached hydrogens (primary N) is 1. The minimum absolute atomic E-state index is 0.193. The maximum absolute atomic E-state index is 10.9. The van der Waals surface area contributed by atoms with Gasteiger partial charge in [-0.3, -0.25) is 4.79 Å². The van der Waals surface area contributed by atoms with Crippen molar-refractivity contribution in [3.63, 3.8) is 0 Å². The molecule has 1 fully saturated rings.